The minimum atomic E-state index is -0.188. The molecule has 0 rings (SSSR count). The lowest BCUT2D eigenvalue weighted by atomic mass is 9.96. The molecule has 0 radical (unpaired) electrons. The zero-order valence-electron chi connectivity index (χ0n) is 10.3. The molecule has 0 spiro atoms. The number of hydrogen-bond acceptors (Lipinski definition) is 2. The monoisotopic (exact) mass is 212 g/mol. The van der Waals surface area contributed by atoms with Crippen molar-refractivity contribution in [2.45, 2.75) is 52.9 Å². The van der Waals surface area contributed by atoms with Gasteiger partial charge in [0, 0.05) is 6.92 Å². The van der Waals surface area contributed by atoms with Gasteiger partial charge in [0.05, 0.1) is 6.61 Å². The first-order chi connectivity index (χ1) is 7.06. The average Bonchev–Trinajstić information content (AvgIpc) is 2.14. The fourth-order valence-electron chi connectivity index (χ4n) is 1.53. The number of carbonyl (C=O) groups excluding carboxylic acids is 1. The summed E-state index contributed by atoms with van der Waals surface area (Å²) < 4.78 is 4.91. The van der Waals surface area contributed by atoms with Crippen molar-refractivity contribution in [1.82, 2.24) is 0 Å². The maximum atomic E-state index is 10.5. The number of ether oxygens (including phenoxy) is 1. The molecule has 0 heterocycles. The third-order valence-corrected chi connectivity index (χ3v) is 2.44. The third kappa shape index (κ3) is 9.51. The van der Waals surface area contributed by atoms with Crippen molar-refractivity contribution in [2.24, 2.45) is 5.92 Å². The van der Waals surface area contributed by atoms with Crippen molar-refractivity contribution in [2.75, 3.05) is 6.61 Å². The molecule has 0 aliphatic rings. The van der Waals surface area contributed by atoms with Crippen molar-refractivity contribution < 1.29 is 9.53 Å². The summed E-state index contributed by atoms with van der Waals surface area (Å²) in [5, 5.41) is 0. The van der Waals surface area contributed by atoms with Gasteiger partial charge in [-0.05, 0) is 31.6 Å². The molecule has 88 valence electrons. The van der Waals surface area contributed by atoms with E-state index in [-0.39, 0.29) is 5.97 Å². The molecule has 2 heteroatoms. The van der Waals surface area contributed by atoms with E-state index < -0.39 is 0 Å². The van der Waals surface area contributed by atoms with Gasteiger partial charge in [-0.2, -0.15) is 0 Å². The average molecular weight is 212 g/mol. The Morgan fingerprint density at radius 2 is 2.13 bits per heavy atom. The van der Waals surface area contributed by atoms with Crippen LogP contribution in [0.4, 0.5) is 0 Å². The molecule has 0 saturated carbocycles. The van der Waals surface area contributed by atoms with E-state index in [1.54, 1.807) is 0 Å². The van der Waals surface area contributed by atoms with Crippen LogP contribution in [0, 0.1) is 5.92 Å². The molecule has 15 heavy (non-hydrogen) atoms. The van der Waals surface area contributed by atoms with Crippen LogP contribution in [0.15, 0.2) is 12.2 Å². The molecule has 1 atom stereocenters. The van der Waals surface area contributed by atoms with Crippen LogP contribution in [0.3, 0.4) is 0 Å². The zero-order chi connectivity index (χ0) is 11.7. The predicted octanol–water partition coefficient (Wildman–Crippen LogP) is 3.71. The first kappa shape index (κ1) is 14.2. The van der Waals surface area contributed by atoms with Crippen LogP contribution in [0.25, 0.3) is 0 Å². The maximum absolute atomic E-state index is 10.5. The summed E-state index contributed by atoms with van der Waals surface area (Å²) >= 11 is 0. The lowest BCUT2D eigenvalue weighted by Gasteiger charge is -2.12. The summed E-state index contributed by atoms with van der Waals surface area (Å²) in [6.45, 7) is 10.4. The van der Waals surface area contributed by atoms with Gasteiger partial charge in [0.15, 0.2) is 0 Å². The summed E-state index contributed by atoms with van der Waals surface area (Å²) in [7, 11) is 0. The topological polar surface area (TPSA) is 26.3 Å². The summed E-state index contributed by atoms with van der Waals surface area (Å²) in [4.78, 5) is 10.5. The van der Waals surface area contributed by atoms with Crippen LogP contribution in [-0.4, -0.2) is 12.6 Å². The van der Waals surface area contributed by atoms with Crippen molar-refractivity contribution >= 4 is 5.97 Å². The quantitative estimate of drug-likeness (QED) is 0.453. The van der Waals surface area contributed by atoms with Crippen LogP contribution < -0.4 is 0 Å². The second-order valence-electron chi connectivity index (χ2n) is 4.29. The molecule has 2 nitrogen and oxygen atoms in total. The number of unbranched alkanes of at least 4 members (excludes halogenated alkanes) is 1. The van der Waals surface area contributed by atoms with Crippen molar-refractivity contribution in [3.05, 3.63) is 12.2 Å². The lowest BCUT2D eigenvalue weighted by molar-refractivity contribution is -0.141. The molecule has 0 aromatic carbocycles. The molecule has 0 aliphatic heterocycles. The van der Waals surface area contributed by atoms with Gasteiger partial charge < -0.3 is 4.74 Å². The SMILES string of the molecule is C=C(CCCC)CC(C)CCOC(C)=O. The Bertz CT molecular complexity index is 197. The van der Waals surface area contributed by atoms with Crippen LogP contribution in [0.1, 0.15) is 52.9 Å². The highest BCUT2D eigenvalue weighted by molar-refractivity contribution is 5.65. The minimum Gasteiger partial charge on any atom is -0.466 e. The normalized spacial score (nSPS) is 12.2. The van der Waals surface area contributed by atoms with Gasteiger partial charge in [0.1, 0.15) is 0 Å². The number of rotatable bonds is 8. The van der Waals surface area contributed by atoms with Gasteiger partial charge >= 0.3 is 5.97 Å². The van der Waals surface area contributed by atoms with E-state index in [1.165, 1.54) is 25.3 Å². The molecule has 1 unspecified atom stereocenters. The van der Waals surface area contributed by atoms with Crippen LogP contribution in [0.2, 0.25) is 0 Å². The third-order valence-electron chi connectivity index (χ3n) is 2.44. The van der Waals surface area contributed by atoms with Crippen molar-refractivity contribution in [3.63, 3.8) is 0 Å². The standard InChI is InChI=1S/C13H24O2/c1-5-6-7-11(2)10-12(3)8-9-15-13(4)14/h12H,2,5-10H2,1,3-4H3. The molecular formula is C13H24O2. The second-order valence-corrected chi connectivity index (χ2v) is 4.29. The smallest absolute Gasteiger partial charge is 0.302 e. The Morgan fingerprint density at radius 3 is 2.67 bits per heavy atom. The van der Waals surface area contributed by atoms with E-state index in [0.717, 1.165) is 19.3 Å². The van der Waals surface area contributed by atoms with Crippen LogP contribution in [0.5, 0.6) is 0 Å². The number of allylic oxidation sites excluding steroid dienone is 1. The van der Waals surface area contributed by atoms with E-state index in [1.807, 2.05) is 0 Å². The highest BCUT2D eigenvalue weighted by Crippen LogP contribution is 2.17. The molecule has 0 saturated heterocycles. The highest BCUT2D eigenvalue weighted by Gasteiger charge is 2.05. The van der Waals surface area contributed by atoms with Crippen LogP contribution >= 0.6 is 0 Å². The molecular weight excluding hydrogens is 188 g/mol. The van der Waals surface area contributed by atoms with E-state index in [4.69, 9.17) is 4.74 Å². The number of esters is 1. The van der Waals surface area contributed by atoms with Gasteiger partial charge in [-0.1, -0.05) is 32.4 Å². The van der Waals surface area contributed by atoms with Crippen molar-refractivity contribution in [1.29, 1.82) is 0 Å². The summed E-state index contributed by atoms with van der Waals surface area (Å²) in [5.74, 6) is 0.376. The van der Waals surface area contributed by atoms with E-state index in [2.05, 4.69) is 20.4 Å². The molecule has 0 amide bonds. The molecule has 0 fully saturated rings. The van der Waals surface area contributed by atoms with E-state index in [0.29, 0.717) is 12.5 Å². The number of hydrogen-bond donors (Lipinski definition) is 0. The van der Waals surface area contributed by atoms with Gasteiger partial charge in [-0.25, -0.2) is 0 Å². The van der Waals surface area contributed by atoms with E-state index in [9.17, 15) is 4.79 Å². The van der Waals surface area contributed by atoms with Crippen LogP contribution in [-0.2, 0) is 9.53 Å². The second kappa shape index (κ2) is 8.51. The minimum absolute atomic E-state index is 0.188. The predicted molar refractivity (Wildman–Crippen MR) is 63.7 cm³/mol. The molecule has 0 aliphatic carbocycles. The first-order valence-corrected chi connectivity index (χ1v) is 5.86. The zero-order valence-corrected chi connectivity index (χ0v) is 10.3. The summed E-state index contributed by atoms with van der Waals surface area (Å²) in [5.41, 5.74) is 1.33. The fourth-order valence-corrected chi connectivity index (χ4v) is 1.53. The Kier molecular flexibility index (Phi) is 8.06. The summed E-state index contributed by atoms with van der Waals surface area (Å²) in [6.07, 6.45) is 5.58. The van der Waals surface area contributed by atoms with E-state index >= 15 is 0 Å². The lowest BCUT2D eigenvalue weighted by Crippen LogP contribution is -2.06. The van der Waals surface area contributed by atoms with Gasteiger partial charge in [-0.3, -0.25) is 4.79 Å². The highest BCUT2D eigenvalue weighted by atomic mass is 16.5. The molecule has 0 aromatic rings. The maximum Gasteiger partial charge on any atom is 0.302 e. The van der Waals surface area contributed by atoms with Gasteiger partial charge in [-0.15, -0.1) is 0 Å². The molecule has 0 N–H and O–H groups in total. The van der Waals surface area contributed by atoms with Gasteiger partial charge in [0.2, 0.25) is 0 Å². The molecule has 0 aromatic heterocycles. The Balaban J connectivity index is 3.50. The Hall–Kier alpha value is -0.790. The first-order valence-electron chi connectivity index (χ1n) is 5.86. The largest absolute Gasteiger partial charge is 0.466 e. The Labute approximate surface area is 93.7 Å². The van der Waals surface area contributed by atoms with Crippen molar-refractivity contribution in [3.8, 4) is 0 Å². The summed E-state index contributed by atoms with van der Waals surface area (Å²) in [6, 6.07) is 0. The molecule has 0 bridgehead atoms. The number of carbonyl (C=O) groups is 1. The Morgan fingerprint density at radius 1 is 1.47 bits per heavy atom. The fraction of sp³-hybridized carbons (Fsp3) is 0.769. The van der Waals surface area contributed by atoms with Gasteiger partial charge in [0.25, 0.3) is 0 Å².